The van der Waals surface area contributed by atoms with Crippen LogP contribution in [-0.2, 0) is 9.53 Å². The normalized spacial score (nSPS) is 15.4. The number of ether oxygens (including phenoxy) is 5. The van der Waals surface area contributed by atoms with E-state index in [-0.39, 0.29) is 12.7 Å². The van der Waals surface area contributed by atoms with E-state index >= 15 is 0 Å². The smallest absolute Gasteiger partial charge is 0.330 e. The van der Waals surface area contributed by atoms with Gasteiger partial charge in [0.2, 0.25) is 0 Å². The molecule has 0 saturated heterocycles. The zero-order chi connectivity index (χ0) is 19.2. The molecule has 7 heteroatoms. The summed E-state index contributed by atoms with van der Waals surface area (Å²) in [5.74, 6) is 1.74. The van der Waals surface area contributed by atoms with Crippen LogP contribution in [0.2, 0.25) is 5.02 Å². The first-order valence-electron chi connectivity index (χ1n) is 8.25. The zero-order valence-corrected chi connectivity index (χ0v) is 15.7. The van der Waals surface area contributed by atoms with E-state index in [4.69, 9.17) is 35.3 Å². The first-order valence-corrected chi connectivity index (χ1v) is 8.63. The minimum absolute atomic E-state index is 0.0875. The molecule has 0 saturated carbocycles. The highest BCUT2D eigenvalue weighted by molar-refractivity contribution is 6.32. The van der Waals surface area contributed by atoms with Crippen LogP contribution in [0, 0.1) is 0 Å². The molecule has 0 aromatic heterocycles. The second-order valence-corrected chi connectivity index (χ2v) is 6.11. The summed E-state index contributed by atoms with van der Waals surface area (Å²) in [4.78, 5) is 12.0. The Balaban J connectivity index is 1.56. The highest BCUT2D eigenvalue weighted by Crippen LogP contribution is 2.36. The van der Waals surface area contributed by atoms with Crippen LogP contribution in [0.1, 0.15) is 5.56 Å². The Morgan fingerprint density at radius 1 is 1.22 bits per heavy atom. The van der Waals surface area contributed by atoms with Crippen molar-refractivity contribution in [3.63, 3.8) is 0 Å². The van der Waals surface area contributed by atoms with Crippen molar-refractivity contribution in [2.75, 3.05) is 27.4 Å². The number of fused-ring (bicyclic) bond motifs is 1. The van der Waals surface area contributed by atoms with Gasteiger partial charge in [-0.3, -0.25) is 0 Å². The number of benzene rings is 2. The number of carbonyl (C=O) groups excluding carboxylic acids is 1. The highest BCUT2D eigenvalue weighted by atomic mass is 35.5. The number of hydrogen-bond donors (Lipinski definition) is 0. The molecule has 1 atom stereocenters. The van der Waals surface area contributed by atoms with Gasteiger partial charge in [0.1, 0.15) is 13.2 Å². The fourth-order valence-electron chi connectivity index (χ4n) is 2.57. The molecule has 0 N–H and O–H groups in total. The number of halogens is 1. The molecule has 1 aliphatic heterocycles. The molecule has 0 aliphatic carbocycles. The quantitative estimate of drug-likeness (QED) is 0.553. The molecule has 1 heterocycles. The van der Waals surface area contributed by atoms with E-state index < -0.39 is 5.97 Å². The zero-order valence-electron chi connectivity index (χ0n) is 14.9. The average molecular weight is 391 g/mol. The fourth-order valence-corrected chi connectivity index (χ4v) is 2.86. The lowest BCUT2D eigenvalue weighted by atomic mass is 10.2. The van der Waals surface area contributed by atoms with Gasteiger partial charge < -0.3 is 23.7 Å². The van der Waals surface area contributed by atoms with Gasteiger partial charge in [-0.25, -0.2) is 4.79 Å². The second kappa shape index (κ2) is 8.68. The topological polar surface area (TPSA) is 63.2 Å². The molecule has 0 spiro atoms. The summed E-state index contributed by atoms with van der Waals surface area (Å²) in [6.45, 7) is 0.406. The molecule has 27 heavy (non-hydrogen) atoms. The maximum Gasteiger partial charge on any atom is 0.330 e. The van der Waals surface area contributed by atoms with E-state index in [1.807, 2.05) is 24.3 Å². The summed E-state index contributed by atoms with van der Waals surface area (Å²) in [7, 11) is 3.02. The van der Waals surface area contributed by atoms with Gasteiger partial charge in [0.05, 0.1) is 19.2 Å². The molecule has 0 amide bonds. The van der Waals surface area contributed by atoms with E-state index in [2.05, 4.69) is 0 Å². The monoisotopic (exact) mass is 390 g/mol. The van der Waals surface area contributed by atoms with Crippen molar-refractivity contribution >= 4 is 23.6 Å². The number of esters is 1. The number of carbonyl (C=O) groups is 1. The van der Waals surface area contributed by atoms with E-state index in [0.29, 0.717) is 40.2 Å². The van der Waals surface area contributed by atoms with Gasteiger partial charge in [-0.1, -0.05) is 23.7 Å². The predicted molar refractivity (Wildman–Crippen MR) is 101 cm³/mol. The van der Waals surface area contributed by atoms with Gasteiger partial charge in [-0.2, -0.15) is 0 Å². The van der Waals surface area contributed by atoms with Gasteiger partial charge in [0.25, 0.3) is 0 Å². The Bertz CT molecular complexity index is 848. The summed E-state index contributed by atoms with van der Waals surface area (Å²) in [5.41, 5.74) is 0.681. The van der Waals surface area contributed by atoms with Gasteiger partial charge in [0, 0.05) is 6.08 Å². The maximum atomic E-state index is 12.0. The molecule has 1 unspecified atom stereocenters. The molecule has 2 aromatic carbocycles. The first kappa shape index (κ1) is 18.9. The Morgan fingerprint density at radius 2 is 2.00 bits per heavy atom. The van der Waals surface area contributed by atoms with E-state index in [1.54, 1.807) is 18.2 Å². The minimum atomic E-state index is -0.497. The summed E-state index contributed by atoms with van der Waals surface area (Å²) < 4.78 is 27.0. The Kier molecular flexibility index (Phi) is 6.08. The summed E-state index contributed by atoms with van der Waals surface area (Å²) in [6, 6.07) is 10.7. The predicted octanol–water partition coefficient (Wildman–Crippen LogP) is 3.75. The van der Waals surface area contributed by atoms with Gasteiger partial charge in [0.15, 0.2) is 29.1 Å². The average Bonchev–Trinajstić information content (AvgIpc) is 2.70. The van der Waals surface area contributed by atoms with Crippen LogP contribution in [0.3, 0.4) is 0 Å². The molecule has 6 nitrogen and oxygen atoms in total. The SMILES string of the molecule is COc1cc(/C=C/C(=O)OCC2COc3ccccc3O2)cc(Cl)c1OC. The molecule has 0 bridgehead atoms. The molecular formula is C20H19ClO6. The summed E-state index contributed by atoms with van der Waals surface area (Å²) in [5, 5.41) is 0.385. The lowest BCUT2D eigenvalue weighted by Crippen LogP contribution is -2.34. The van der Waals surface area contributed by atoms with Crippen LogP contribution in [0.15, 0.2) is 42.5 Å². The number of methoxy groups -OCH3 is 2. The van der Waals surface area contributed by atoms with Crippen LogP contribution in [0.25, 0.3) is 6.08 Å². The van der Waals surface area contributed by atoms with E-state index in [0.717, 1.165) is 0 Å². The number of rotatable bonds is 6. The summed E-state index contributed by atoms with van der Waals surface area (Å²) in [6.07, 6.45) is 2.55. The van der Waals surface area contributed by atoms with Crippen molar-refractivity contribution in [2.45, 2.75) is 6.10 Å². The van der Waals surface area contributed by atoms with Crippen molar-refractivity contribution in [3.8, 4) is 23.0 Å². The molecule has 2 aromatic rings. The van der Waals surface area contributed by atoms with Crippen LogP contribution in [0.5, 0.6) is 23.0 Å². The molecule has 0 radical (unpaired) electrons. The van der Waals surface area contributed by atoms with E-state index in [1.165, 1.54) is 20.3 Å². The van der Waals surface area contributed by atoms with Gasteiger partial charge >= 0.3 is 5.97 Å². The Morgan fingerprint density at radius 3 is 2.74 bits per heavy atom. The van der Waals surface area contributed by atoms with Crippen molar-refractivity contribution in [3.05, 3.63) is 53.1 Å². The molecule has 1 aliphatic rings. The minimum Gasteiger partial charge on any atom is -0.493 e. The third kappa shape index (κ3) is 4.65. The van der Waals surface area contributed by atoms with Crippen molar-refractivity contribution in [2.24, 2.45) is 0 Å². The third-order valence-corrected chi connectivity index (χ3v) is 4.13. The molecule has 0 fully saturated rings. The third-order valence-electron chi connectivity index (χ3n) is 3.85. The Labute approximate surface area is 162 Å². The lowest BCUT2D eigenvalue weighted by molar-refractivity contribution is -0.140. The van der Waals surface area contributed by atoms with Gasteiger partial charge in [-0.05, 0) is 35.9 Å². The van der Waals surface area contributed by atoms with E-state index in [9.17, 15) is 4.79 Å². The van der Waals surface area contributed by atoms with Crippen molar-refractivity contribution in [1.82, 2.24) is 0 Å². The number of para-hydroxylation sites is 2. The van der Waals surface area contributed by atoms with Crippen LogP contribution < -0.4 is 18.9 Å². The van der Waals surface area contributed by atoms with Crippen LogP contribution in [0.4, 0.5) is 0 Å². The van der Waals surface area contributed by atoms with Crippen LogP contribution >= 0.6 is 11.6 Å². The lowest BCUT2D eigenvalue weighted by Gasteiger charge is -2.25. The largest absolute Gasteiger partial charge is 0.493 e. The van der Waals surface area contributed by atoms with Gasteiger partial charge in [-0.15, -0.1) is 0 Å². The fraction of sp³-hybridized carbons (Fsp3) is 0.250. The van der Waals surface area contributed by atoms with Crippen molar-refractivity contribution in [1.29, 1.82) is 0 Å². The molecule has 3 rings (SSSR count). The summed E-state index contributed by atoms with van der Waals surface area (Å²) >= 11 is 6.15. The highest BCUT2D eigenvalue weighted by Gasteiger charge is 2.21. The molecule has 142 valence electrons. The van der Waals surface area contributed by atoms with Crippen LogP contribution in [-0.4, -0.2) is 39.5 Å². The van der Waals surface area contributed by atoms with Crippen molar-refractivity contribution < 1.29 is 28.5 Å². The Hall–Kier alpha value is -2.86. The number of hydrogen-bond acceptors (Lipinski definition) is 6. The first-order chi connectivity index (χ1) is 13.1. The maximum absolute atomic E-state index is 12.0. The standard InChI is InChI=1S/C20H19ClO6/c1-23-18-10-13(9-15(21)20(18)24-2)7-8-19(22)26-12-14-11-25-16-5-3-4-6-17(16)27-14/h3-10,14H,11-12H2,1-2H3/b8-7+. The molecular weight excluding hydrogens is 372 g/mol. The second-order valence-electron chi connectivity index (χ2n) is 5.70.